The number of halogens is 2. The van der Waals surface area contributed by atoms with Crippen LogP contribution < -0.4 is 9.64 Å². The van der Waals surface area contributed by atoms with Crippen LogP contribution in [0.4, 0.5) is 14.6 Å². The molecule has 3 saturated heterocycles. The second kappa shape index (κ2) is 10.8. The molecular weight excluding hydrogens is 550 g/mol. The highest BCUT2D eigenvalue weighted by molar-refractivity contribution is 5.92. The number of likely N-dealkylation sites (tertiary alicyclic amines) is 1. The summed E-state index contributed by atoms with van der Waals surface area (Å²) in [5.74, 6) is -0.438. The molecule has 3 aliphatic heterocycles. The Labute approximate surface area is 250 Å². The number of ether oxygens (including phenoxy) is 1. The number of hydrogen-bond donors (Lipinski definition) is 0. The fraction of sp³-hybridized carbons (Fsp3) is 0.515. The van der Waals surface area contributed by atoms with Gasteiger partial charge in [0, 0.05) is 43.5 Å². The molecule has 43 heavy (non-hydrogen) atoms. The summed E-state index contributed by atoms with van der Waals surface area (Å²) < 4.78 is 38.2. The maximum Gasteiger partial charge on any atom is 0.319 e. The molecule has 10 heteroatoms. The number of benzene rings is 1. The molecule has 0 bridgehead atoms. The summed E-state index contributed by atoms with van der Waals surface area (Å²) in [6, 6.07) is 3.53. The predicted molar refractivity (Wildman–Crippen MR) is 161 cm³/mol. The monoisotopic (exact) mass is 588 g/mol. The van der Waals surface area contributed by atoms with Gasteiger partial charge < -0.3 is 14.5 Å². The van der Waals surface area contributed by atoms with Crippen LogP contribution in [0.15, 0.2) is 31.0 Å². The van der Waals surface area contributed by atoms with E-state index in [4.69, 9.17) is 9.72 Å². The van der Waals surface area contributed by atoms with E-state index in [9.17, 15) is 4.79 Å². The first-order valence-electron chi connectivity index (χ1n) is 15.5. The molecule has 226 valence electrons. The van der Waals surface area contributed by atoms with Gasteiger partial charge in [-0.15, -0.1) is 0 Å². The Bertz CT molecular complexity index is 1600. The van der Waals surface area contributed by atoms with Crippen LogP contribution in [-0.2, 0) is 4.79 Å². The number of aromatic nitrogens is 3. The molecule has 1 atom stereocenters. The van der Waals surface area contributed by atoms with E-state index in [1.807, 2.05) is 11.9 Å². The van der Waals surface area contributed by atoms with Crippen molar-refractivity contribution in [2.24, 2.45) is 0 Å². The third-order valence-corrected chi connectivity index (χ3v) is 10.1. The average molecular weight is 589 g/mol. The number of carbonyl (C=O) groups is 1. The SMILES string of the molecule is C=CC(=O)N1CCC(N(C)c2nc(OCC34CCCN3CCC4)nc3c(F)c(-c4ccc(C)c(F)c4C4CC4)ncc23)C1. The molecule has 7 rings (SSSR count). The average Bonchev–Trinajstić information content (AvgIpc) is 3.38. The number of aryl methyl sites for hydroxylation is 1. The van der Waals surface area contributed by atoms with Crippen LogP contribution >= 0.6 is 0 Å². The molecule has 5 heterocycles. The Hall–Kier alpha value is -3.66. The fourth-order valence-corrected chi connectivity index (χ4v) is 7.44. The zero-order valence-electron chi connectivity index (χ0n) is 24.9. The van der Waals surface area contributed by atoms with Crippen LogP contribution in [0.1, 0.15) is 62.0 Å². The third kappa shape index (κ3) is 4.83. The lowest BCUT2D eigenvalue weighted by molar-refractivity contribution is -0.125. The Balaban J connectivity index is 1.31. The molecule has 4 fully saturated rings. The number of likely N-dealkylation sites (N-methyl/N-ethyl adjacent to an activating group) is 1. The van der Waals surface area contributed by atoms with Crippen LogP contribution in [0.5, 0.6) is 6.01 Å². The van der Waals surface area contributed by atoms with Crippen LogP contribution in [0.3, 0.4) is 0 Å². The number of fused-ring (bicyclic) bond motifs is 2. The Morgan fingerprint density at radius 2 is 1.91 bits per heavy atom. The van der Waals surface area contributed by atoms with Gasteiger partial charge in [-0.25, -0.2) is 8.78 Å². The summed E-state index contributed by atoms with van der Waals surface area (Å²) >= 11 is 0. The quantitative estimate of drug-likeness (QED) is 0.327. The van der Waals surface area contributed by atoms with E-state index in [0.717, 1.165) is 58.0 Å². The topological polar surface area (TPSA) is 74.7 Å². The molecule has 1 aromatic carbocycles. The Morgan fingerprint density at radius 1 is 1.14 bits per heavy atom. The Kier molecular flexibility index (Phi) is 7.07. The highest BCUT2D eigenvalue weighted by Gasteiger charge is 2.45. The van der Waals surface area contributed by atoms with Crippen molar-refractivity contribution in [3.8, 4) is 17.3 Å². The minimum atomic E-state index is -0.610. The summed E-state index contributed by atoms with van der Waals surface area (Å²) in [4.78, 5) is 32.5. The van der Waals surface area contributed by atoms with Gasteiger partial charge in [0.25, 0.3) is 0 Å². The van der Waals surface area contributed by atoms with E-state index >= 15 is 8.78 Å². The lowest BCUT2D eigenvalue weighted by Gasteiger charge is -2.31. The summed E-state index contributed by atoms with van der Waals surface area (Å²) in [6.07, 6.45) is 9.81. The van der Waals surface area contributed by atoms with E-state index in [1.54, 1.807) is 30.2 Å². The van der Waals surface area contributed by atoms with Crippen LogP contribution in [0.25, 0.3) is 22.2 Å². The zero-order valence-corrected chi connectivity index (χ0v) is 24.9. The number of hydrogen-bond acceptors (Lipinski definition) is 7. The second-order valence-electron chi connectivity index (χ2n) is 12.7. The molecule has 1 amide bonds. The van der Waals surface area contributed by atoms with Gasteiger partial charge in [-0.3, -0.25) is 14.7 Å². The van der Waals surface area contributed by atoms with Crippen molar-refractivity contribution in [2.75, 3.05) is 44.7 Å². The van der Waals surface area contributed by atoms with Gasteiger partial charge in [-0.05, 0) is 82.5 Å². The van der Waals surface area contributed by atoms with Crippen molar-refractivity contribution in [2.45, 2.75) is 69.4 Å². The van der Waals surface area contributed by atoms with Crippen molar-refractivity contribution in [3.63, 3.8) is 0 Å². The minimum absolute atomic E-state index is 0.0259. The second-order valence-corrected chi connectivity index (χ2v) is 12.7. The molecular formula is C33H38F2N6O2. The van der Waals surface area contributed by atoms with E-state index < -0.39 is 5.82 Å². The summed E-state index contributed by atoms with van der Waals surface area (Å²) in [5, 5.41) is 0.451. The van der Waals surface area contributed by atoms with E-state index in [0.29, 0.717) is 47.6 Å². The molecule has 0 N–H and O–H groups in total. The summed E-state index contributed by atoms with van der Waals surface area (Å²) in [6.45, 7) is 9.03. The molecule has 4 aliphatic rings. The Morgan fingerprint density at radius 3 is 2.63 bits per heavy atom. The smallest absolute Gasteiger partial charge is 0.319 e. The van der Waals surface area contributed by atoms with Crippen LogP contribution in [0, 0.1) is 18.6 Å². The number of amides is 1. The molecule has 8 nitrogen and oxygen atoms in total. The summed E-state index contributed by atoms with van der Waals surface area (Å²) in [7, 11) is 1.90. The highest BCUT2D eigenvalue weighted by Crippen LogP contribution is 2.47. The third-order valence-electron chi connectivity index (χ3n) is 10.1. The standard InChI is InChI=1S/C33H38F2N6O2/c1-4-25(42)40-16-11-22(18-40)39(3)31-24-17-36-29(23-10-7-20(2)27(34)26(23)21-8-9-21)28(35)30(24)37-32(38-31)43-19-33-12-5-14-41(33)15-6-13-33/h4,7,10,17,21-22H,1,5-6,8-9,11-16,18-19H2,2-3H3. The number of anilines is 1. The van der Waals surface area contributed by atoms with Crippen LogP contribution in [0.2, 0.25) is 0 Å². The largest absolute Gasteiger partial charge is 0.461 e. The minimum Gasteiger partial charge on any atom is -0.461 e. The van der Waals surface area contributed by atoms with Gasteiger partial charge in [0.2, 0.25) is 5.91 Å². The normalized spacial score (nSPS) is 21.4. The van der Waals surface area contributed by atoms with Crippen LogP contribution in [-0.4, -0.2) is 82.1 Å². The van der Waals surface area contributed by atoms with E-state index in [1.165, 1.54) is 6.08 Å². The first kappa shape index (κ1) is 28.1. The van der Waals surface area contributed by atoms with Gasteiger partial charge >= 0.3 is 6.01 Å². The van der Waals surface area contributed by atoms with E-state index in [-0.39, 0.29) is 46.4 Å². The molecule has 1 aliphatic carbocycles. The van der Waals surface area contributed by atoms with Gasteiger partial charge in [0.15, 0.2) is 5.82 Å². The number of carbonyl (C=O) groups excluding carboxylic acids is 1. The number of nitrogens with zero attached hydrogens (tertiary/aromatic N) is 6. The van der Waals surface area contributed by atoms with Crippen molar-refractivity contribution in [1.82, 2.24) is 24.8 Å². The van der Waals surface area contributed by atoms with Crippen molar-refractivity contribution in [1.29, 1.82) is 0 Å². The number of rotatable bonds is 8. The predicted octanol–water partition coefficient (Wildman–Crippen LogP) is 5.39. The molecule has 2 aromatic heterocycles. The maximum absolute atomic E-state index is 16.6. The molecule has 3 aromatic rings. The molecule has 0 spiro atoms. The zero-order chi connectivity index (χ0) is 29.9. The van der Waals surface area contributed by atoms with Gasteiger partial charge in [0.1, 0.15) is 29.5 Å². The maximum atomic E-state index is 16.6. The van der Waals surface area contributed by atoms with Crippen molar-refractivity contribution >= 4 is 22.6 Å². The first-order valence-corrected chi connectivity index (χ1v) is 15.5. The highest BCUT2D eigenvalue weighted by atomic mass is 19.1. The lowest BCUT2D eigenvalue weighted by atomic mass is 9.95. The van der Waals surface area contributed by atoms with Gasteiger partial charge in [-0.1, -0.05) is 18.7 Å². The molecule has 1 saturated carbocycles. The first-order chi connectivity index (χ1) is 20.8. The summed E-state index contributed by atoms with van der Waals surface area (Å²) in [5.41, 5.74) is 1.72. The van der Waals surface area contributed by atoms with Crippen molar-refractivity contribution in [3.05, 3.63) is 53.7 Å². The van der Waals surface area contributed by atoms with Crippen molar-refractivity contribution < 1.29 is 18.3 Å². The van der Waals surface area contributed by atoms with Gasteiger partial charge in [-0.2, -0.15) is 9.97 Å². The van der Waals surface area contributed by atoms with E-state index in [2.05, 4.69) is 21.4 Å². The molecule has 0 radical (unpaired) electrons. The lowest BCUT2D eigenvalue weighted by Crippen LogP contribution is -2.43. The fourth-order valence-electron chi connectivity index (χ4n) is 7.44. The number of pyridine rings is 1. The molecule has 1 unspecified atom stereocenters. The van der Waals surface area contributed by atoms with Gasteiger partial charge in [0.05, 0.1) is 10.9 Å².